The van der Waals surface area contributed by atoms with E-state index in [1.807, 2.05) is 35.6 Å². The molecule has 0 amide bonds. The summed E-state index contributed by atoms with van der Waals surface area (Å²) in [6.45, 7) is 0. The van der Waals surface area contributed by atoms with Crippen LogP contribution in [0.2, 0.25) is 0 Å². The van der Waals surface area contributed by atoms with Crippen LogP contribution in [0.1, 0.15) is 0 Å². The molecule has 0 aliphatic heterocycles. The van der Waals surface area contributed by atoms with Crippen molar-refractivity contribution in [2.75, 3.05) is 0 Å². The lowest BCUT2D eigenvalue weighted by atomic mass is 9.95. The predicted molar refractivity (Wildman–Crippen MR) is 301 cm³/mol. The molecule has 0 bridgehead atoms. The Bertz CT molecular complexity index is 4330. The Morgan fingerprint density at radius 2 is 0.722 bits per heavy atom. The van der Waals surface area contributed by atoms with Crippen molar-refractivity contribution in [3.63, 3.8) is 0 Å². The van der Waals surface area contributed by atoms with Crippen LogP contribution in [0.4, 0.5) is 0 Å². The molecule has 14 rings (SSSR count). The first-order valence-electron chi connectivity index (χ1n) is 24.2. The summed E-state index contributed by atoms with van der Waals surface area (Å²) in [4.78, 5) is 16.2. The van der Waals surface area contributed by atoms with Crippen molar-refractivity contribution >= 4 is 64.2 Å². The number of benzene rings is 11. The lowest BCUT2D eigenvalue weighted by Gasteiger charge is -2.13. The molecule has 0 saturated carbocycles. The fourth-order valence-corrected chi connectivity index (χ4v) is 11.8. The second kappa shape index (κ2) is 17.3. The van der Waals surface area contributed by atoms with Gasteiger partial charge in [0.05, 0.1) is 0 Å². The van der Waals surface area contributed by atoms with Crippen molar-refractivity contribution in [3.05, 3.63) is 249 Å². The molecular formula is C67H41N3OS. The van der Waals surface area contributed by atoms with E-state index in [1.54, 1.807) is 0 Å². The van der Waals surface area contributed by atoms with E-state index in [2.05, 4.69) is 224 Å². The quantitative estimate of drug-likeness (QED) is 0.152. The van der Waals surface area contributed by atoms with Gasteiger partial charge >= 0.3 is 0 Å². The van der Waals surface area contributed by atoms with Crippen LogP contribution in [0.25, 0.3) is 143 Å². The van der Waals surface area contributed by atoms with Crippen LogP contribution < -0.4 is 0 Å². The average Bonchev–Trinajstić information content (AvgIpc) is 4.05. The van der Waals surface area contributed by atoms with Crippen LogP contribution in [0.15, 0.2) is 253 Å². The monoisotopic (exact) mass is 935 g/mol. The second-order valence-electron chi connectivity index (χ2n) is 18.3. The maximum atomic E-state index is 6.63. The van der Waals surface area contributed by atoms with Crippen LogP contribution in [-0.4, -0.2) is 15.0 Å². The van der Waals surface area contributed by atoms with E-state index in [0.717, 1.165) is 83.1 Å². The molecule has 72 heavy (non-hydrogen) atoms. The van der Waals surface area contributed by atoms with Gasteiger partial charge in [-0.05, 0) is 109 Å². The highest BCUT2D eigenvalue weighted by molar-refractivity contribution is 7.27. The zero-order chi connectivity index (χ0) is 47.5. The number of thiophene rings is 1. The maximum absolute atomic E-state index is 6.63. The van der Waals surface area contributed by atoms with Crippen LogP contribution >= 0.6 is 11.3 Å². The molecule has 4 nitrogen and oxygen atoms in total. The van der Waals surface area contributed by atoms with Crippen molar-refractivity contribution < 1.29 is 4.42 Å². The number of aromatic nitrogens is 3. The first-order valence-corrected chi connectivity index (χ1v) is 25.1. The van der Waals surface area contributed by atoms with Gasteiger partial charge in [-0.15, -0.1) is 11.3 Å². The van der Waals surface area contributed by atoms with Gasteiger partial charge in [0.1, 0.15) is 11.2 Å². The Labute approximate surface area is 419 Å². The molecule has 0 unspecified atom stereocenters. The summed E-state index contributed by atoms with van der Waals surface area (Å²) in [5.74, 6) is 1.72. The summed E-state index contributed by atoms with van der Waals surface area (Å²) in [6, 6.07) is 88.1. The number of fused-ring (bicyclic) bond motifs is 8. The Morgan fingerprint density at radius 3 is 1.43 bits per heavy atom. The van der Waals surface area contributed by atoms with Crippen molar-refractivity contribution in [1.82, 2.24) is 15.0 Å². The summed E-state index contributed by atoms with van der Waals surface area (Å²) < 4.78 is 9.25. The summed E-state index contributed by atoms with van der Waals surface area (Å²) in [5, 5.41) is 7.13. The van der Waals surface area contributed by atoms with Gasteiger partial charge in [-0.2, -0.15) is 0 Å². The van der Waals surface area contributed by atoms with E-state index in [9.17, 15) is 0 Å². The van der Waals surface area contributed by atoms with Crippen LogP contribution in [0.5, 0.6) is 0 Å². The second-order valence-corrected chi connectivity index (χ2v) is 19.3. The third-order valence-corrected chi connectivity index (χ3v) is 15.2. The van der Waals surface area contributed by atoms with Crippen molar-refractivity contribution in [3.8, 4) is 89.8 Å². The van der Waals surface area contributed by atoms with E-state index >= 15 is 0 Å². The molecule has 0 radical (unpaired) electrons. The molecule has 0 aliphatic rings. The minimum atomic E-state index is 0.564. The fourth-order valence-electron chi connectivity index (χ4n) is 10.5. The van der Waals surface area contributed by atoms with Crippen LogP contribution in [-0.2, 0) is 0 Å². The van der Waals surface area contributed by atoms with Crippen LogP contribution in [0.3, 0.4) is 0 Å². The van der Waals surface area contributed by atoms with E-state index < -0.39 is 0 Å². The summed E-state index contributed by atoms with van der Waals surface area (Å²) in [6.07, 6.45) is 0. The molecule has 5 heteroatoms. The van der Waals surface area contributed by atoms with E-state index in [0.29, 0.717) is 17.5 Å². The number of nitrogens with zero attached hydrogens (tertiary/aromatic N) is 3. The molecule has 3 heterocycles. The lowest BCUT2D eigenvalue weighted by molar-refractivity contribution is 0.669. The van der Waals surface area contributed by atoms with Gasteiger partial charge in [-0.3, -0.25) is 0 Å². The molecule has 14 aromatic rings. The smallest absolute Gasteiger partial charge is 0.164 e. The molecule has 3 aromatic heterocycles. The number of hydrogen-bond acceptors (Lipinski definition) is 5. The van der Waals surface area contributed by atoms with Crippen molar-refractivity contribution in [2.24, 2.45) is 0 Å². The zero-order valence-electron chi connectivity index (χ0n) is 38.8. The van der Waals surface area contributed by atoms with Gasteiger partial charge < -0.3 is 4.42 Å². The standard InChI is InChI=1S/C67H41N3OS/c1-4-17-42(18-5-1)50-39-51(43-19-6-2-7-20-43)41-52(40-50)66-68-65(69-67(70-66)58-32-16-34-60-62(58)61-53(29-15-33-59(61)71-60)44-21-8-3-9-22-44)49-27-13-25-47(38-49)46-24-12-26-48(37-46)55-30-14-31-56-57-36-35-45-23-10-11-28-54(45)63(57)72-64(55)56/h1-41H. The van der Waals surface area contributed by atoms with Crippen molar-refractivity contribution in [2.45, 2.75) is 0 Å². The molecule has 0 fully saturated rings. The van der Waals surface area contributed by atoms with E-state index in [-0.39, 0.29) is 0 Å². The summed E-state index contributed by atoms with van der Waals surface area (Å²) >= 11 is 1.88. The third kappa shape index (κ3) is 7.26. The largest absolute Gasteiger partial charge is 0.456 e. The minimum absolute atomic E-state index is 0.564. The van der Waals surface area contributed by atoms with Gasteiger partial charge in [0, 0.05) is 47.6 Å². The first kappa shape index (κ1) is 41.7. The number of hydrogen-bond donors (Lipinski definition) is 0. The van der Waals surface area contributed by atoms with E-state index in [4.69, 9.17) is 19.4 Å². The van der Waals surface area contributed by atoms with Crippen molar-refractivity contribution in [1.29, 1.82) is 0 Å². The Morgan fingerprint density at radius 1 is 0.264 bits per heavy atom. The Balaban J connectivity index is 0.952. The van der Waals surface area contributed by atoms with Gasteiger partial charge in [-0.25, -0.2) is 15.0 Å². The average molecular weight is 936 g/mol. The zero-order valence-corrected chi connectivity index (χ0v) is 39.6. The fraction of sp³-hybridized carbons (Fsp3) is 0. The molecule has 0 spiro atoms. The van der Waals surface area contributed by atoms with Gasteiger partial charge in [0.2, 0.25) is 0 Å². The van der Waals surface area contributed by atoms with Gasteiger partial charge in [-0.1, -0.05) is 206 Å². The molecule has 0 atom stereocenters. The molecular weight excluding hydrogens is 895 g/mol. The first-order chi connectivity index (χ1) is 35.7. The number of rotatable bonds is 8. The SMILES string of the molecule is c1ccc(-c2cc(-c3ccccc3)cc(-c3nc(-c4cccc(-c5cccc(-c6cccc7c6sc6c8ccccc8ccc76)c5)c4)nc(-c4cccc5oc6cccc(-c7ccccc7)c6c45)n3)c2)cc1. The third-order valence-electron chi connectivity index (χ3n) is 13.9. The normalized spacial score (nSPS) is 11.6. The molecule has 336 valence electrons. The molecule has 0 N–H and O–H groups in total. The van der Waals surface area contributed by atoms with Crippen LogP contribution in [0, 0.1) is 0 Å². The topological polar surface area (TPSA) is 51.8 Å². The maximum Gasteiger partial charge on any atom is 0.164 e. The Hall–Kier alpha value is -9.29. The number of furan rings is 1. The highest BCUT2D eigenvalue weighted by Crippen LogP contribution is 2.45. The minimum Gasteiger partial charge on any atom is -0.456 e. The highest BCUT2D eigenvalue weighted by atomic mass is 32.1. The van der Waals surface area contributed by atoms with E-state index in [1.165, 1.54) is 42.1 Å². The summed E-state index contributed by atoms with van der Waals surface area (Å²) in [5.41, 5.74) is 15.4. The lowest BCUT2D eigenvalue weighted by Crippen LogP contribution is -2.01. The molecule has 0 saturated heterocycles. The molecule has 0 aliphatic carbocycles. The summed E-state index contributed by atoms with van der Waals surface area (Å²) in [7, 11) is 0. The predicted octanol–water partition coefficient (Wildman–Crippen LogP) is 18.6. The molecule has 11 aromatic carbocycles. The van der Waals surface area contributed by atoms with Gasteiger partial charge in [0.15, 0.2) is 17.5 Å². The van der Waals surface area contributed by atoms with Gasteiger partial charge in [0.25, 0.3) is 0 Å². The Kier molecular flexibility index (Phi) is 10.0. The highest BCUT2D eigenvalue weighted by Gasteiger charge is 2.21.